The molecule has 0 aliphatic carbocycles. The molecule has 0 unspecified atom stereocenters. The van der Waals surface area contributed by atoms with E-state index in [-0.39, 0.29) is 20.3 Å². The molecule has 2 heterocycles. The Balaban J connectivity index is 1.37. The zero-order chi connectivity index (χ0) is 19.8. The Bertz CT molecular complexity index is 742. The molecule has 2 aromatic rings. The predicted molar refractivity (Wildman–Crippen MR) is 115 cm³/mol. The van der Waals surface area contributed by atoms with Crippen LogP contribution in [0.4, 0.5) is 0 Å². The van der Waals surface area contributed by atoms with E-state index in [2.05, 4.69) is 36.0 Å². The van der Waals surface area contributed by atoms with Crippen LogP contribution in [0, 0.1) is 0 Å². The van der Waals surface area contributed by atoms with Crippen molar-refractivity contribution in [2.24, 2.45) is 0 Å². The molecule has 0 radical (unpaired) electrons. The first-order valence-electron chi connectivity index (χ1n) is 10.9. The van der Waals surface area contributed by atoms with Crippen molar-refractivity contribution in [3.8, 4) is 22.8 Å². The first kappa shape index (κ1) is 21.4. The summed E-state index contributed by atoms with van der Waals surface area (Å²) in [5.41, 5.74) is 1.72. The van der Waals surface area contributed by atoms with Crippen LogP contribution in [0.1, 0.15) is 89.4 Å². The van der Waals surface area contributed by atoms with Crippen LogP contribution in [0.5, 0.6) is 11.5 Å². The third kappa shape index (κ3) is 5.61. The van der Waals surface area contributed by atoms with E-state index in [1.54, 1.807) is 0 Å². The van der Waals surface area contributed by atoms with Gasteiger partial charge in [0, 0.05) is 0 Å². The first-order valence-corrected chi connectivity index (χ1v) is 12.5. The first-order chi connectivity index (χ1) is 13.6. The number of fused-ring (bicyclic) bond motifs is 3. The van der Waals surface area contributed by atoms with E-state index in [9.17, 15) is 0 Å². The van der Waals surface area contributed by atoms with Gasteiger partial charge in [-0.05, 0) is 0 Å². The van der Waals surface area contributed by atoms with E-state index in [4.69, 9.17) is 9.47 Å². The zero-order valence-corrected chi connectivity index (χ0v) is 19.3. The third-order valence-corrected chi connectivity index (χ3v) is 7.54. The fourth-order valence-corrected chi connectivity index (χ4v) is 5.21. The molecule has 3 rings (SSSR count). The summed E-state index contributed by atoms with van der Waals surface area (Å²) in [7, 11) is 0. The van der Waals surface area contributed by atoms with Crippen LogP contribution in [0.15, 0.2) is 18.2 Å². The standard InChI is InChI=1S/C23H34N2O2Se/c1-4-5-6-7-8-9-10-11-12-13-16-26-18-14-15-19-20(17-18)27-23(2,3)22-21(19)24-25-28-22/h14-15,17H,4-13,16H2,1-3H3. The van der Waals surface area contributed by atoms with Crippen molar-refractivity contribution in [1.82, 2.24) is 9.19 Å². The van der Waals surface area contributed by atoms with Crippen LogP contribution < -0.4 is 9.47 Å². The molecule has 28 heavy (non-hydrogen) atoms. The number of benzene rings is 1. The van der Waals surface area contributed by atoms with Gasteiger partial charge in [0.05, 0.1) is 0 Å². The molecule has 4 nitrogen and oxygen atoms in total. The average Bonchev–Trinajstić information content (AvgIpc) is 3.17. The summed E-state index contributed by atoms with van der Waals surface area (Å²) < 4.78 is 17.7. The minimum absolute atomic E-state index is 0.0567. The molecular formula is C23H34N2O2Se. The van der Waals surface area contributed by atoms with Gasteiger partial charge < -0.3 is 0 Å². The Kier molecular flexibility index (Phi) is 7.99. The van der Waals surface area contributed by atoms with Gasteiger partial charge in [0.25, 0.3) is 0 Å². The molecule has 5 heteroatoms. The summed E-state index contributed by atoms with van der Waals surface area (Å²) >= 11 is 0.0567. The Hall–Kier alpha value is -1.32. The number of hydrogen-bond donors (Lipinski definition) is 0. The van der Waals surface area contributed by atoms with Gasteiger partial charge in [-0.1, -0.05) is 45.4 Å². The van der Waals surface area contributed by atoms with Gasteiger partial charge in [0.2, 0.25) is 0 Å². The summed E-state index contributed by atoms with van der Waals surface area (Å²) in [4.78, 5) is 0. The van der Waals surface area contributed by atoms with Crippen LogP contribution in [-0.4, -0.2) is 30.5 Å². The number of unbranched alkanes of at least 4 members (excludes halogenated alkanes) is 9. The number of ether oxygens (including phenoxy) is 2. The van der Waals surface area contributed by atoms with Gasteiger partial charge in [-0.3, -0.25) is 0 Å². The van der Waals surface area contributed by atoms with Crippen molar-refractivity contribution in [2.75, 3.05) is 6.61 Å². The van der Waals surface area contributed by atoms with Crippen molar-refractivity contribution < 1.29 is 9.47 Å². The molecule has 154 valence electrons. The molecule has 1 aliphatic rings. The quantitative estimate of drug-likeness (QED) is 0.289. The van der Waals surface area contributed by atoms with Crippen molar-refractivity contribution >= 4 is 14.7 Å². The molecule has 0 atom stereocenters. The van der Waals surface area contributed by atoms with Gasteiger partial charge in [0.1, 0.15) is 0 Å². The van der Waals surface area contributed by atoms with Crippen molar-refractivity contribution in [3.05, 3.63) is 22.6 Å². The molecule has 0 fully saturated rings. The molecule has 0 saturated heterocycles. The van der Waals surface area contributed by atoms with Crippen molar-refractivity contribution in [3.63, 3.8) is 0 Å². The number of hydrogen-bond acceptors (Lipinski definition) is 4. The maximum absolute atomic E-state index is 6.24. The predicted octanol–water partition coefficient (Wildman–Crippen LogP) is 6.13. The molecule has 0 saturated carbocycles. The Morgan fingerprint density at radius 3 is 2.36 bits per heavy atom. The SMILES string of the molecule is CCCCCCCCCCCCOc1ccc2c(c1)OC(C)(C)c1[se]nnc1-2. The molecule has 1 aromatic heterocycles. The summed E-state index contributed by atoms with van der Waals surface area (Å²) in [5.74, 6) is 1.75. The Labute approximate surface area is 176 Å². The van der Waals surface area contributed by atoms with Crippen LogP contribution in [0.25, 0.3) is 11.3 Å². The number of nitrogens with zero attached hydrogens (tertiary/aromatic N) is 2. The van der Waals surface area contributed by atoms with E-state index in [0.717, 1.165) is 35.8 Å². The number of rotatable bonds is 12. The Morgan fingerprint density at radius 2 is 1.64 bits per heavy atom. The summed E-state index contributed by atoms with van der Waals surface area (Å²) in [6.07, 6.45) is 13.4. The molecule has 1 aliphatic heterocycles. The molecule has 0 amide bonds. The minimum atomic E-state index is -0.332. The maximum atomic E-state index is 6.24. The molecule has 1 aromatic carbocycles. The monoisotopic (exact) mass is 450 g/mol. The van der Waals surface area contributed by atoms with Crippen LogP contribution >= 0.6 is 0 Å². The van der Waals surface area contributed by atoms with Crippen molar-refractivity contribution in [1.29, 1.82) is 0 Å². The van der Waals surface area contributed by atoms with Gasteiger partial charge in [-0.2, -0.15) is 0 Å². The summed E-state index contributed by atoms with van der Waals surface area (Å²) in [6, 6.07) is 6.11. The van der Waals surface area contributed by atoms with E-state index < -0.39 is 0 Å². The van der Waals surface area contributed by atoms with E-state index in [0.29, 0.717) is 0 Å². The van der Waals surface area contributed by atoms with E-state index in [1.807, 2.05) is 12.1 Å². The molecule has 0 bridgehead atoms. The molecule has 0 spiro atoms. The second-order valence-electron chi connectivity index (χ2n) is 8.25. The summed E-state index contributed by atoms with van der Waals surface area (Å²) in [5, 5.41) is 4.37. The van der Waals surface area contributed by atoms with Gasteiger partial charge in [-0.15, -0.1) is 0 Å². The Morgan fingerprint density at radius 1 is 0.964 bits per heavy atom. The summed E-state index contributed by atoms with van der Waals surface area (Å²) in [6.45, 7) is 7.24. The topological polar surface area (TPSA) is 44.2 Å². The fourth-order valence-electron chi connectivity index (χ4n) is 3.74. The average molecular weight is 449 g/mol. The van der Waals surface area contributed by atoms with Crippen LogP contribution in [0.3, 0.4) is 0 Å². The van der Waals surface area contributed by atoms with Gasteiger partial charge >= 0.3 is 131 Å². The normalized spacial score (nSPS) is 14.2. The van der Waals surface area contributed by atoms with Gasteiger partial charge in [-0.25, -0.2) is 0 Å². The zero-order valence-electron chi connectivity index (χ0n) is 17.6. The van der Waals surface area contributed by atoms with E-state index >= 15 is 0 Å². The van der Waals surface area contributed by atoms with E-state index in [1.165, 1.54) is 62.2 Å². The second kappa shape index (κ2) is 10.5. The van der Waals surface area contributed by atoms with Gasteiger partial charge in [0.15, 0.2) is 0 Å². The fraction of sp³-hybridized carbons (Fsp3) is 0.652. The third-order valence-electron chi connectivity index (χ3n) is 5.37. The van der Waals surface area contributed by atoms with Crippen LogP contribution in [0.2, 0.25) is 0 Å². The van der Waals surface area contributed by atoms with Crippen molar-refractivity contribution in [2.45, 2.75) is 90.6 Å². The molecule has 0 N–H and O–H groups in total. The number of aromatic nitrogens is 2. The second-order valence-corrected chi connectivity index (χ2v) is 9.83. The van der Waals surface area contributed by atoms with Crippen LogP contribution in [-0.2, 0) is 5.60 Å². The molecular weight excluding hydrogens is 415 g/mol.